The molecule has 4 nitrogen and oxygen atoms in total. The van der Waals surface area contributed by atoms with Gasteiger partial charge in [0.2, 0.25) is 0 Å². The molecule has 3 rings (SSSR count). The van der Waals surface area contributed by atoms with E-state index in [2.05, 4.69) is 0 Å². The number of fused-ring (bicyclic) bond motifs is 1. The first-order valence-electron chi connectivity index (χ1n) is 7.71. The second kappa shape index (κ2) is 6.07. The van der Waals surface area contributed by atoms with Gasteiger partial charge >= 0.3 is 5.97 Å². The molecule has 0 spiro atoms. The number of halogens is 4. The molecule has 0 bridgehead atoms. The van der Waals surface area contributed by atoms with Crippen molar-refractivity contribution >= 4 is 11.9 Å². The Morgan fingerprint density at radius 2 is 1.71 bits per heavy atom. The second-order valence-electron chi connectivity index (χ2n) is 6.26. The van der Waals surface area contributed by atoms with Gasteiger partial charge in [0.05, 0.1) is 5.56 Å². The van der Waals surface area contributed by atoms with Crippen molar-refractivity contribution in [3.63, 3.8) is 0 Å². The molecule has 1 aromatic rings. The van der Waals surface area contributed by atoms with Crippen LogP contribution in [-0.2, 0) is 4.79 Å². The van der Waals surface area contributed by atoms with Gasteiger partial charge in [-0.1, -0.05) is 12.8 Å². The molecule has 2 aliphatic rings. The lowest BCUT2D eigenvalue weighted by atomic mass is 9.84. The van der Waals surface area contributed by atoms with Crippen LogP contribution in [0, 0.1) is 29.2 Å². The lowest BCUT2D eigenvalue weighted by molar-refractivity contribution is -0.141. The standard InChI is InChI=1S/C16H15F4NO3/c17-9-6-8(12(18)14(20)13(9)19)15(22)21-10-4-2-1-3-7(10)5-11(21)16(23)24/h6-7,10-11H,1-5H2,(H,23,24). The summed E-state index contributed by atoms with van der Waals surface area (Å²) < 4.78 is 53.8. The van der Waals surface area contributed by atoms with E-state index in [0.717, 1.165) is 24.2 Å². The third-order valence-corrected chi connectivity index (χ3v) is 4.94. The summed E-state index contributed by atoms with van der Waals surface area (Å²) >= 11 is 0. The molecule has 24 heavy (non-hydrogen) atoms. The zero-order valence-electron chi connectivity index (χ0n) is 12.6. The van der Waals surface area contributed by atoms with Gasteiger partial charge in [-0.2, -0.15) is 0 Å². The number of benzene rings is 1. The first-order valence-corrected chi connectivity index (χ1v) is 7.71. The molecule has 3 unspecified atom stereocenters. The fraction of sp³-hybridized carbons (Fsp3) is 0.500. The molecule has 2 fully saturated rings. The Bertz CT molecular complexity index is 709. The van der Waals surface area contributed by atoms with E-state index in [-0.39, 0.29) is 18.4 Å². The van der Waals surface area contributed by atoms with E-state index in [9.17, 15) is 32.3 Å². The van der Waals surface area contributed by atoms with Crippen LogP contribution in [0.3, 0.4) is 0 Å². The normalized spacial score (nSPS) is 26.3. The van der Waals surface area contributed by atoms with Crippen molar-refractivity contribution in [2.75, 3.05) is 0 Å². The molecule has 1 aromatic carbocycles. The third-order valence-electron chi connectivity index (χ3n) is 4.94. The van der Waals surface area contributed by atoms with Crippen LogP contribution in [0.25, 0.3) is 0 Å². The highest BCUT2D eigenvalue weighted by Crippen LogP contribution is 2.40. The maximum Gasteiger partial charge on any atom is 0.326 e. The van der Waals surface area contributed by atoms with Crippen LogP contribution in [0.4, 0.5) is 17.6 Å². The number of carboxylic acid groups (broad SMARTS) is 1. The molecule has 8 heteroatoms. The van der Waals surface area contributed by atoms with Crippen molar-refractivity contribution in [1.82, 2.24) is 4.90 Å². The zero-order chi connectivity index (χ0) is 17.6. The van der Waals surface area contributed by atoms with Crippen molar-refractivity contribution in [3.8, 4) is 0 Å². The van der Waals surface area contributed by atoms with Crippen molar-refractivity contribution < 1.29 is 32.3 Å². The van der Waals surface area contributed by atoms with Gasteiger partial charge in [0.15, 0.2) is 23.3 Å². The Labute approximate surface area is 135 Å². The third kappa shape index (κ3) is 2.53. The van der Waals surface area contributed by atoms with Gasteiger partial charge in [0, 0.05) is 6.04 Å². The van der Waals surface area contributed by atoms with Crippen molar-refractivity contribution in [1.29, 1.82) is 0 Å². The highest BCUT2D eigenvalue weighted by Gasteiger charge is 2.48. The van der Waals surface area contributed by atoms with Crippen LogP contribution >= 0.6 is 0 Å². The number of aliphatic carboxylic acids is 1. The van der Waals surface area contributed by atoms with Crippen molar-refractivity contribution in [2.45, 2.75) is 44.2 Å². The molecule has 130 valence electrons. The minimum atomic E-state index is -2.08. The summed E-state index contributed by atoms with van der Waals surface area (Å²) in [5.74, 6) is -9.98. The molecule has 1 heterocycles. The number of carbonyl (C=O) groups is 2. The number of carboxylic acids is 1. The molecular weight excluding hydrogens is 330 g/mol. The number of carbonyl (C=O) groups excluding carboxylic acids is 1. The molecule has 0 aromatic heterocycles. The van der Waals surface area contributed by atoms with E-state index in [1.165, 1.54) is 0 Å². The predicted octanol–water partition coefficient (Wildman–Crippen LogP) is 3.10. The quantitative estimate of drug-likeness (QED) is 0.509. The fourth-order valence-electron chi connectivity index (χ4n) is 3.84. The molecule has 1 saturated carbocycles. The van der Waals surface area contributed by atoms with Gasteiger partial charge < -0.3 is 10.0 Å². The monoisotopic (exact) mass is 345 g/mol. The second-order valence-corrected chi connectivity index (χ2v) is 6.26. The lowest BCUT2D eigenvalue weighted by Gasteiger charge is -2.33. The number of hydrogen-bond donors (Lipinski definition) is 1. The van der Waals surface area contributed by atoms with Crippen molar-refractivity contribution in [2.24, 2.45) is 5.92 Å². The van der Waals surface area contributed by atoms with E-state index < -0.39 is 52.8 Å². The van der Waals surface area contributed by atoms with Crippen molar-refractivity contribution in [3.05, 3.63) is 34.9 Å². The SMILES string of the molecule is O=C(O)C1CC2CCCCC2N1C(=O)c1cc(F)c(F)c(F)c1F. The molecule has 0 radical (unpaired) electrons. The number of amides is 1. The minimum Gasteiger partial charge on any atom is -0.480 e. The molecule has 1 amide bonds. The summed E-state index contributed by atoms with van der Waals surface area (Å²) in [5, 5.41) is 9.35. The van der Waals surface area contributed by atoms with Crippen LogP contribution < -0.4 is 0 Å². The Morgan fingerprint density at radius 3 is 2.38 bits per heavy atom. The Kier molecular flexibility index (Phi) is 4.23. The summed E-state index contributed by atoms with van der Waals surface area (Å²) in [6.45, 7) is 0. The highest BCUT2D eigenvalue weighted by atomic mass is 19.2. The predicted molar refractivity (Wildman–Crippen MR) is 74.2 cm³/mol. The number of rotatable bonds is 2. The van der Waals surface area contributed by atoms with E-state index in [1.807, 2.05) is 0 Å². The Balaban J connectivity index is 2.02. The summed E-state index contributed by atoms with van der Waals surface area (Å²) in [6, 6.07) is -1.31. The molecule has 3 atom stereocenters. The average Bonchev–Trinajstić information content (AvgIpc) is 2.95. The Hall–Kier alpha value is -2.12. The number of likely N-dealkylation sites (tertiary alicyclic amines) is 1. The Morgan fingerprint density at radius 1 is 1.04 bits per heavy atom. The molecule has 1 N–H and O–H groups in total. The van der Waals surface area contributed by atoms with E-state index in [1.54, 1.807) is 0 Å². The summed E-state index contributed by atoms with van der Waals surface area (Å²) in [5.41, 5.74) is -0.983. The van der Waals surface area contributed by atoms with E-state index in [0.29, 0.717) is 6.42 Å². The number of nitrogens with zero attached hydrogens (tertiary/aromatic N) is 1. The maximum absolute atomic E-state index is 13.9. The zero-order valence-corrected chi connectivity index (χ0v) is 12.6. The molecular formula is C16H15F4NO3. The van der Waals surface area contributed by atoms with Crippen LogP contribution in [0.5, 0.6) is 0 Å². The van der Waals surface area contributed by atoms with E-state index >= 15 is 0 Å². The van der Waals surface area contributed by atoms with Gasteiger partial charge in [-0.15, -0.1) is 0 Å². The minimum absolute atomic E-state index is 0.0398. The number of hydrogen-bond acceptors (Lipinski definition) is 2. The average molecular weight is 345 g/mol. The highest BCUT2D eigenvalue weighted by molar-refractivity contribution is 5.97. The van der Waals surface area contributed by atoms with E-state index in [4.69, 9.17) is 0 Å². The molecule has 1 aliphatic heterocycles. The first-order chi connectivity index (χ1) is 11.3. The largest absolute Gasteiger partial charge is 0.480 e. The molecule has 1 aliphatic carbocycles. The van der Waals surface area contributed by atoms with Crippen LogP contribution in [0.15, 0.2) is 6.07 Å². The fourth-order valence-corrected chi connectivity index (χ4v) is 3.84. The van der Waals surface area contributed by atoms with Gasteiger partial charge in [0.25, 0.3) is 5.91 Å². The van der Waals surface area contributed by atoms with Gasteiger partial charge in [-0.05, 0) is 31.2 Å². The summed E-state index contributed by atoms with van der Waals surface area (Å²) in [4.78, 5) is 25.1. The first kappa shape index (κ1) is 16.7. The lowest BCUT2D eigenvalue weighted by Crippen LogP contribution is -2.46. The smallest absolute Gasteiger partial charge is 0.326 e. The van der Waals surface area contributed by atoms with Gasteiger partial charge in [-0.3, -0.25) is 4.79 Å². The van der Waals surface area contributed by atoms with Crippen LogP contribution in [0.1, 0.15) is 42.5 Å². The van der Waals surface area contributed by atoms with Crippen LogP contribution in [-0.4, -0.2) is 34.0 Å². The summed E-state index contributed by atoms with van der Waals surface area (Å²) in [6.07, 6.45) is 3.20. The van der Waals surface area contributed by atoms with Crippen LogP contribution in [0.2, 0.25) is 0 Å². The topological polar surface area (TPSA) is 57.6 Å². The maximum atomic E-state index is 13.9. The molecule has 1 saturated heterocycles. The summed E-state index contributed by atoms with van der Waals surface area (Å²) in [7, 11) is 0. The van der Waals surface area contributed by atoms with Gasteiger partial charge in [0.1, 0.15) is 6.04 Å². The van der Waals surface area contributed by atoms with Gasteiger partial charge in [-0.25, -0.2) is 22.4 Å².